The second-order valence-electron chi connectivity index (χ2n) is 3.81. The summed E-state index contributed by atoms with van der Waals surface area (Å²) in [6.45, 7) is 1.73. The van der Waals surface area contributed by atoms with E-state index in [1.807, 2.05) is 0 Å². The highest BCUT2D eigenvalue weighted by atomic mass is 79.9. The fourth-order valence-electron chi connectivity index (χ4n) is 1.52. The second-order valence-corrected chi connectivity index (χ2v) is 4.66. The van der Waals surface area contributed by atoms with Gasteiger partial charge in [0.1, 0.15) is 29.1 Å². The number of hydrogen-bond donors (Lipinski definition) is 2. The van der Waals surface area contributed by atoms with Gasteiger partial charge in [-0.2, -0.15) is 0 Å². The molecule has 0 bridgehead atoms. The summed E-state index contributed by atoms with van der Waals surface area (Å²) in [7, 11) is 1.72. The molecule has 0 aliphatic rings. The van der Waals surface area contributed by atoms with Crippen molar-refractivity contribution in [3.63, 3.8) is 0 Å². The minimum atomic E-state index is -0.692. The maximum absolute atomic E-state index is 13.6. The normalized spacial score (nSPS) is 10.4. The maximum atomic E-state index is 13.6. The van der Waals surface area contributed by atoms with Crippen LogP contribution in [-0.4, -0.2) is 17.0 Å². The zero-order valence-electron chi connectivity index (χ0n) is 10.3. The Morgan fingerprint density at radius 2 is 1.74 bits per heavy atom. The lowest BCUT2D eigenvalue weighted by Crippen LogP contribution is -2.02. The summed E-state index contributed by atoms with van der Waals surface area (Å²) < 4.78 is 26.9. The van der Waals surface area contributed by atoms with Crippen molar-refractivity contribution in [2.24, 2.45) is 0 Å². The molecule has 0 amide bonds. The summed E-state index contributed by atoms with van der Waals surface area (Å²) in [5.74, 6) is 0.225. The van der Waals surface area contributed by atoms with E-state index in [-0.39, 0.29) is 10.2 Å². The fraction of sp³-hybridized carbons (Fsp3) is 0.167. The van der Waals surface area contributed by atoms with Crippen LogP contribution in [0, 0.1) is 18.6 Å². The molecule has 2 N–H and O–H groups in total. The molecule has 0 atom stereocenters. The number of anilines is 3. The van der Waals surface area contributed by atoms with Gasteiger partial charge in [0.25, 0.3) is 0 Å². The molecule has 0 aliphatic heterocycles. The summed E-state index contributed by atoms with van der Waals surface area (Å²) >= 11 is 3.01. The predicted molar refractivity (Wildman–Crippen MR) is 73.7 cm³/mol. The summed E-state index contributed by atoms with van der Waals surface area (Å²) in [6, 6.07) is 3.75. The third-order valence-electron chi connectivity index (χ3n) is 2.37. The van der Waals surface area contributed by atoms with Gasteiger partial charge in [0.2, 0.25) is 0 Å². The average Bonchev–Trinajstić information content (AvgIpc) is 2.35. The topological polar surface area (TPSA) is 49.8 Å². The minimum absolute atomic E-state index is 0.133. The molecular weight excluding hydrogens is 318 g/mol. The SMILES string of the molecule is CNc1cc(Nc2cc(Br)c(F)cc2F)nc(C)n1. The van der Waals surface area contributed by atoms with Crippen LogP contribution in [0.4, 0.5) is 26.1 Å². The number of nitrogens with zero attached hydrogens (tertiary/aromatic N) is 2. The molecule has 0 saturated heterocycles. The van der Waals surface area contributed by atoms with Crippen LogP contribution >= 0.6 is 15.9 Å². The zero-order chi connectivity index (χ0) is 14.0. The Bertz CT molecular complexity index is 619. The monoisotopic (exact) mass is 328 g/mol. The molecule has 1 heterocycles. The van der Waals surface area contributed by atoms with Crippen LogP contribution < -0.4 is 10.6 Å². The Hall–Kier alpha value is -1.76. The Balaban J connectivity index is 2.36. The third kappa shape index (κ3) is 3.17. The van der Waals surface area contributed by atoms with E-state index >= 15 is 0 Å². The maximum Gasteiger partial charge on any atom is 0.149 e. The molecule has 4 nitrogen and oxygen atoms in total. The van der Waals surface area contributed by atoms with Crippen LogP contribution in [0.5, 0.6) is 0 Å². The van der Waals surface area contributed by atoms with Gasteiger partial charge >= 0.3 is 0 Å². The first kappa shape index (κ1) is 13.7. The highest BCUT2D eigenvalue weighted by Gasteiger charge is 2.09. The highest BCUT2D eigenvalue weighted by molar-refractivity contribution is 9.10. The molecule has 0 spiro atoms. The molecule has 2 aromatic rings. The van der Waals surface area contributed by atoms with Crippen molar-refractivity contribution in [3.05, 3.63) is 40.1 Å². The van der Waals surface area contributed by atoms with Crippen LogP contribution in [-0.2, 0) is 0 Å². The average molecular weight is 329 g/mol. The molecule has 2 rings (SSSR count). The number of nitrogens with one attached hydrogen (secondary N) is 2. The lowest BCUT2D eigenvalue weighted by molar-refractivity contribution is 0.581. The van der Waals surface area contributed by atoms with Gasteiger partial charge in [-0.15, -0.1) is 0 Å². The molecule has 19 heavy (non-hydrogen) atoms. The van der Waals surface area contributed by atoms with E-state index in [0.717, 1.165) is 6.07 Å². The van der Waals surface area contributed by atoms with Crippen molar-refractivity contribution in [3.8, 4) is 0 Å². The van der Waals surface area contributed by atoms with E-state index in [2.05, 4.69) is 36.5 Å². The Kier molecular flexibility index (Phi) is 3.94. The molecule has 0 fully saturated rings. The molecule has 7 heteroatoms. The summed E-state index contributed by atoms with van der Waals surface area (Å²) in [5.41, 5.74) is 0.133. The molecule has 0 unspecified atom stereocenters. The van der Waals surface area contributed by atoms with E-state index in [9.17, 15) is 8.78 Å². The van der Waals surface area contributed by atoms with Crippen LogP contribution in [0.15, 0.2) is 22.7 Å². The van der Waals surface area contributed by atoms with Crippen molar-refractivity contribution in [2.45, 2.75) is 6.92 Å². The van der Waals surface area contributed by atoms with Crippen LogP contribution in [0.1, 0.15) is 5.82 Å². The second kappa shape index (κ2) is 5.48. The Labute approximate surface area is 117 Å². The molecule has 1 aromatic carbocycles. The summed E-state index contributed by atoms with van der Waals surface area (Å²) in [4.78, 5) is 8.26. The zero-order valence-corrected chi connectivity index (χ0v) is 11.8. The van der Waals surface area contributed by atoms with Gasteiger partial charge in [0.15, 0.2) is 0 Å². The molecule has 100 valence electrons. The fourth-order valence-corrected chi connectivity index (χ4v) is 1.86. The van der Waals surface area contributed by atoms with Gasteiger partial charge in [-0.3, -0.25) is 0 Å². The van der Waals surface area contributed by atoms with E-state index in [1.54, 1.807) is 20.0 Å². The number of aromatic nitrogens is 2. The van der Waals surface area contributed by atoms with Crippen molar-refractivity contribution in [1.82, 2.24) is 9.97 Å². The van der Waals surface area contributed by atoms with Crippen molar-refractivity contribution in [1.29, 1.82) is 0 Å². The van der Waals surface area contributed by atoms with E-state index in [0.29, 0.717) is 17.5 Å². The molecule has 0 radical (unpaired) electrons. The van der Waals surface area contributed by atoms with Crippen molar-refractivity contribution in [2.75, 3.05) is 17.7 Å². The lowest BCUT2D eigenvalue weighted by atomic mass is 10.3. The first-order valence-corrected chi connectivity index (χ1v) is 6.24. The van der Waals surface area contributed by atoms with Gasteiger partial charge in [-0.25, -0.2) is 18.7 Å². The Morgan fingerprint density at radius 3 is 2.42 bits per heavy atom. The standard InChI is InChI=1S/C12H11BrF2N4/c1-6-17-11(16-2)5-12(18-6)19-10-3-7(13)8(14)4-9(10)15/h3-5H,1-2H3,(H2,16,17,18,19). The van der Waals surface area contributed by atoms with Crippen LogP contribution in [0.3, 0.4) is 0 Å². The third-order valence-corrected chi connectivity index (χ3v) is 2.97. The number of hydrogen-bond acceptors (Lipinski definition) is 4. The molecule has 1 aromatic heterocycles. The van der Waals surface area contributed by atoms with Gasteiger partial charge in [-0.1, -0.05) is 0 Å². The van der Waals surface area contributed by atoms with E-state index in [4.69, 9.17) is 0 Å². The number of aryl methyl sites for hydroxylation is 1. The van der Waals surface area contributed by atoms with Gasteiger partial charge in [-0.05, 0) is 28.9 Å². The summed E-state index contributed by atoms with van der Waals surface area (Å²) in [6.07, 6.45) is 0. The lowest BCUT2D eigenvalue weighted by Gasteiger charge is -2.10. The van der Waals surface area contributed by atoms with Gasteiger partial charge < -0.3 is 10.6 Å². The minimum Gasteiger partial charge on any atom is -0.373 e. The number of rotatable bonds is 3. The largest absolute Gasteiger partial charge is 0.373 e. The van der Waals surface area contributed by atoms with Crippen molar-refractivity contribution >= 4 is 33.3 Å². The molecule has 0 aliphatic carbocycles. The number of halogens is 3. The first-order chi connectivity index (χ1) is 8.99. The highest BCUT2D eigenvalue weighted by Crippen LogP contribution is 2.26. The van der Waals surface area contributed by atoms with Crippen molar-refractivity contribution < 1.29 is 8.78 Å². The first-order valence-electron chi connectivity index (χ1n) is 5.44. The predicted octanol–water partition coefficient (Wildman–Crippen LogP) is 3.61. The van der Waals surface area contributed by atoms with Crippen LogP contribution in [0.25, 0.3) is 0 Å². The molecular formula is C12H11BrF2N4. The van der Waals surface area contributed by atoms with E-state index in [1.165, 1.54) is 6.07 Å². The van der Waals surface area contributed by atoms with Gasteiger partial charge in [0.05, 0.1) is 10.2 Å². The Morgan fingerprint density at radius 1 is 1.05 bits per heavy atom. The quantitative estimate of drug-likeness (QED) is 0.845. The number of benzene rings is 1. The van der Waals surface area contributed by atoms with Crippen LogP contribution in [0.2, 0.25) is 0 Å². The smallest absolute Gasteiger partial charge is 0.149 e. The molecule has 0 saturated carbocycles. The summed E-state index contributed by atoms with van der Waals surface area (Å²) in [5, 5.41) is 5.67. The van der Waals surface area contributed by atoms with Gasteiger partial charge in [0, 0.05) is 19.2 Å². The van der Waals surface area contributed by atoms with E-state index < -0.39 is 11.6 Å².